The van der Waals surface area contributed by atoms with E-state index in [9.17, 15) is 4.79 Å². The quantitative estimate of drug-likeness (QED) is 0.934. The SMILES string of the molecule is Cc1sc(-c2nnc(C3CC3)o2)cc1NC(=O)C1CCC1. The summed E-state index contributed by atoms with van der Waals surface area (Å²) in [4.78, 5) is 14.0. The van der Waals surface area contributed by atoms with Crippen LogP contribution in [0.15, 0.2) is 10.5 Å². The van der Waals surface area contributed by atoms with Gasteiger partial charge in [-0.25, -0.2) is 0 Å². The Morgan fingerprint density at radius 3 is 2.81 bits per heavy atom. The molecule has 1 amide bonds. The highest BCUT2D eigenvalue weighted by atomic mass is 32.1. The molecule has 2 aliphatic carbocycles. The zero-order valence-corrected chi connectivity index (χ0v) is 12.7. The largest absolute Gasteiger partial charge is 0.420 e. The first kappa shape index (κ1) is 13.0. The smallest absolute Gasteiger partial charge is 0.257 e. The van der Waals surface area contributed by atoms with Gasteiger partial charge in [0.2, 0.25) is 11.8 Å². The van der Waals surface area contributed by atoms with E-state index in [1.165, 1.54) is 0 Å². The molecule has 110 valence electrons. The topological polar surface area (TPSA) is 68.0 Å². The molecule has 4 rings (SSSR count). The van der Waals surface area contributed by atoms with E-state index in [0.29, 0.717) is 11.8 Å². The van der Waals surface area contributed by atoms with Crippen LogP contribution in [0.25, 0.3) is 10.8 Å². The molecule has 0 atom stereocenters. The van der Waals surface area contributed by atoms with Crippen LogP contribution in [0.4, 0.5) is 5.69 Å². The minimum Gasteiger partial charge on any atom is -0.420 e. The lowest BCUT2D eigenvalue weighted by Gasteiger charge is -2.23. The summed E-state index contributed by atoms with van der Waals surface area (Å²) in [5.74, 6) is 2.10. The summed E-state index contributed by atoms with van der Waals surface area (Å²) in [5.41, 5.74) is 0.873. The van der Waals surface area contributed by atoms with E-state index in [-0.39, 0.29) is 11.8 Å². The first-order chi connectivity index (χ1) is 10.2. The molecule has 0 bridgehead atoms. The van der Waals surface area contributed by atoms with Crippen LogP contribution in [0.5, 0.6) is 0 Å². The zero-order chi connectivity index (χ0) is 14.4. The number of hydrogen-bond donors (Lipinski definition) is 1. The fraction of sp³-hybridized carbons (Fsp3) is 0.533. The van der Waals surface area contributed by atoms with Gasteiger partial charge in [-0.2, -0.15) is 0 Å². The number of amides is 1. The van der Waals surface area contributed by atoms with Crippen molar-refractivity contribution in [1.29, 1.82) is 0 Å². The van der Waals surface area contributed by atoms with Crippen LogP contribution in [-0.4, -0.2) is 16.1 Å². The van der Waals surface area contributed by atoms with Gasteiger partial charge in [0, 0.05) is 16.7 Å². The first-order valence-corrected chi connectivity index (χ1v) is 8.27. The monoisotopic (exact) mass is 303 g/mol. The first-order valence-electron chi connectivity index (χ1n) is 7.46. The fourth-order valence-electron chi connectivity index (χ4n) is 2.45. The summed E-state index contributed by atoms with van der Waals surface area (Å²) in [5, 5.41) is 11.3. The number of rotatable bonds is 4. The molecule has 2 heterocycles. The molecule has 2 aromatic heterocycles. The maximum atomic E-state index is 12.0. The third-order valence-electron chi connectivity index (χ3n) is 4.23. The fourth-order valence-corrected chi connectivity index (χ4v) is 3.34. The Labute approximate surface area is 126 Å². The second-order valence-corrected chi connectivity index (χ2v) is 7.17. The molecule has 2 aromatic rings. The van der Waals surface area contributed by atoms with Gasteiger partial charge in [0.25, 0.3) is 5.89 Å². The van der Waals surface area contributed by atoms with E-state index in [0.717, 1.165) is 53.4 Å². The van der Waals surface area contributed by atoms with Gasteiger partial charge in [-0.1, -0.05) is 6.42 Å². The normalized spacial score (nSPS) is 18.5. The van der Waals surface area contributed by atoms with Crippen LogP contribution in [-0.2, 0) is 4.79 Å². The van der Waals surface area contributed by atoms with Crippen molar-refractivity contribution >= 4 is 22.9 Å². The minimum absolute atomic E-state index is 0.137. The number of carbonyl (C=O) groups is 1. The highest BCUT2D eigenvalue weighted by molar-refractivity contribution is 7.15. The number of aromatic nitrogens is 2. The van der Waals surface area contributed by atoms with Crippen molar-refractivity contribution < 1.29 is 9.21 Å². The van der Waals surface area contributed by atoms with E-state index in [4.69, 9.17) is 4.42 Å². The molecule has 0 unspecified atom stereocenters. The Bertz CT molecular complexity index is 683. The van der Waals surface area contributed by atoms with E-state index in [2.05, 4.69) is 15.5 Å². The molecule has 21 heavy (non-hydrogen) atoms. The van der Waals surface area contributed by atoms with Gasteiger partial charge in [0.1, 0.15) is 0 Å². The number of hydrogen-bond acceptors (Lipinski definition) is 5. The predicted molar refractivity (Wildman–Crippen MR) is 80.3 cm³/mol. The van der Waals surface area contributed by atoms with E-state index in [1.807, 2.05) is 13.0 Å². The third kappa shape index (κ3) is 2.48. The van der Waals surface area contributed by atoms with Crippen LogP contribution < -0.4 is 5.32 Å². The molecule has 2 aliphatic rings. The van der Waals surface area contributed by atoms with Crippen molar-refractivity contribution in [3.05, 3.63) is 16.8 Å². The lowest BCUT2D eigenvalue weighted by molar-refractivity contribution is -0.122. The van der Waals surface area contributed by atoms with Crippen molar-refractivity contribution in [2.24, 2.45) is 5.92 Å². The number of carbonyl (C=O) groups excluding carboxylic acids is 1. The maximum Gasteiger partial charge on any atom is 0.257 e. The second-order valence-electron chi connectivity index (χ2n) is 5.92. The molecule has 0 aliphatic heterocycles. The molecule has 0 aromatic carbocycles. The lowest BCUT2D eigenvalue weighted by Crippen LogP contribution is -2.28. The third-order valence-corrected chi connectivity index (χ3v) is 5.27. The Hall–Kier alpha value is -1.69. The molecule has 0 spiro atoms. The molecular formula is C15H17N3O2S. The summed E-state index contributed by atoms with van der Waals surface area (Å²) in [6.07, 6.45) is 5.48. The van der Waals surface area contributed by atoms with Crippen molar-refractivity contribution in [3.8, 4) is 10.8 Å². The number of nitrogens with zero attached hydrogens (tertiary/aromatic N) is 2. The number of nitrogens with one attached hydrogen (secondary N) is 1. The van der Waals surface area contributed by atoms with Gasteiger partial charge in [-0.05, 0) is 38.7 Å². The van der Waals surface area contributed by atoms with Crippen molar-refractivity contribution in [1.82, 2.24) is 10.2 Å². The summed E-state index contributed by atoms with van der Waals surface area (Å²) < 4.78 is 5.72. The highest BCUT2D eigenvalue weighted by Gasteiger charge is 2.30. The van der Waals surface area contributed by atoms with Gasteiger partial charge < -0.3 is 9.73 Å². The molecule has 2 fully saturated rings. The van der Waals surface area contributed by atoms with Gasteiger partial charge >= 0.3 is 0 Å². The summed E-state index contributed by atoms with van der Waals surface area (Å²) in [6.45, 7) is 2.00. The molecule has 2 saturated carbocycles. The van der Waals surface area contributed by atoms with Crippen LogP contribution in [0.2, 0.25) is 0 Å². The van der Waals surface area contributed by atoms with Gasteiger partial charge in [-0.3, -0.25) is 4.79 Å². The second kappa shape index (κ2) is 4.94. The number of aryl methyl sites for hydroxylation is 1. The maximum absolute atomic E-state index is 12.0. The van der Waals surface area contributed by atoms with Crippen LogP contribution in [0, 0.1) is 12.8 Å². The van der Waals surface area contributed by atoms with Crippen LogP contribution in [0.1, 0.15) is 48.8 Å². The van der Waals surface area contributed by atoms with Crippen molar-refractivity contribution in [2.45, 2.75) is 44.9 Å². The van der Waals surface area contributed by atoms with Gasteiger partial charge in [0.05, 0.1) is 10.6 Å². The van der Waals surface area contributed by atoms with Gasteiger partial charge in [-0.15, -0.1) is 21.5 Å². The minimum atomic E-state index is 0.137. The van der Waals surface area contributed by atoms with E-state index < -0.39 is 0 Å². The summed E-state index contributed by atoms with van der Waals surface area (Å²) >= 11 is 1.58. The molecule has 0 radical (unpaired) electrons. The van der Waals surface area contributed by atoms with E-state index >= 15 is 0 Å². The number of thiophene rings is 1. The van der Waals surface area contributed by atoms with Crippen LogP contribution >= 0.6 is 11.3 Å². The van der Waals surface area contributed by atoms with E-state index in [1.54, 1.807) is 11.3 Å². The van der Waals surface area contributed by atoms with Gasteiger partial charge in [0.15, 0.2) is 0 Å². The molecule has 0 saturated heterocycles. The van der Waals surface area contributed by atoms with Crippen molar-refractivity contribution in [2.75, 3.05) is 5.32 Å². The molecule has 1 N–H and O–H groups in total. The molecule has 6 heteroatoms. The highest BCUT2D eigenvalue weighted by Crippen LogP contribution is 2.41. The average molecular weight is 303 g/mol. The molecule has 5 nitrogen and oxygen atoms in total. The number of anilines is 1. The summed E-state index contributed by atoms with van der Waals surface area (Å²) in [7, 11) is 0. The lowest BCUT2D eigenvalue weighted by atomic mass is 9.85. The Balaban J connectivity index is 1.53. The van der Waals surface area contributed by atoms with Crippen LogP contribution in [0.3, 0.4) is 0 Å². The van der Waals surface area contributed by atoms with Crippen molar-refractivity contribution in [3.63, 3.8) is 0 Å². The molecular weight excluding hydrogens is 286 g/mol. The Kier molecular flexibility index (Phi) is 3.06. The average Bonchev–Trinajstić information content (AvgIpc) is 3.01. The zero-order valence-electron chi connectivity index (χ0n) is 11.9. The Morgan fingerprint density at radius 2 is 2.14 bits per heavy atom. The predicted octanol–water partition coefficient (Wildman–Crippen LogP) is 3.72. The summed E-state index contributed by atoms with van der Waals surface area (Å²) in [6, 6.07) is 1.95. The Morgan fingerprint density at radius 1 is 1.33 bits per heavy atom. The standard InChI is InChI=1S/C15H17N3O2S/c1-8-11(16-13(19)9-3-2-4-9)7-12(21-8)15-18-17-14(20-15)10-5-6-10/h7,9-10H,2-6H2,1H3,(H,16,19).